The van der Waals surface area contributed by atoms with E-state index in [1.165, 1.54) is 0 Å². The first-order valence-corrected chi connectivity index (χ1v) is 3.09. The van der Waals surface area contributed by atoms with Gasteiger partial charge in [0, 0.05) is 12.7 Å². The van der Waals surface area contributed by atoms with Gasteiger partial charge in [0.25, 0.3) is 0 Å². The summed E-state index contributed by atoms with van der Waals surface area (Å²) in [6.45, 7) is 3.55. The molecule has 9 heavy (non-hydrogen) atoms. The first kappa shape index (κ1) is 8.21. The van der Waals surface area contributed by atoms with Gasteiger partial charge in [-0.25, -0.2) is 0 Å². The SMILES string of the molecule is CC/C(=C/C(C)=O)NC. The van der Waals surface area contributed by atoms with Crippen molar-refractivity contribution in [3.8, 4) is 0 Å². The average Bonchev–Trinajstić information content (AvgIpc) is 1.82. The molecule has 2 heteroatoms. The lowest BCUT2D eigenvalue weighted by atomic mass is 10.3. The lowest BCUT2D eigenvalue weighted by molar-refractivity contribution is -0.112. The van der Waals surface area contributed by atoms with Gasteiger partial charge in [-0.3, -0.25) is 4.79 Å². The van der Waals surface area contributed by atoms with Crippen molar-refractivity contribution in [2.24, 2.45) is 0 Å². The summed E-state index contributed by atoms with van der Waals surface area (Å²) < 4.78 is 0. The number of ketones is 1. The number of hydrogen-bond donors (Lipinski definition) is 1. The lowest BCUT2D eigenvalue weighted by Gasteiger charge is -1.99. The Morgan fingerprint density at radius 3 is 2.33 bits per heavy atom. The van der Waals surface area contributed by atoms with Gasteiger partial charge >= 0.3 is 0 Å². The van der Waals surface area contributed by atoms with Crippen molar-refractivity contribution in [1.29, 1.82) is 0 Å². The lowest BCUT2D eigenvalue weighted by Crippen LogP contribution is -2.05. The van der Waals surface area contributed by atoms with Crippen LogP contribution in [0, 0.1) is 0 Å². The van der Waals surface area contributed by atoms with E-state index < -0.39 is 0 Å². The molecule has 52 valence electrons. The number of carbonyl (C=O) groups excluding carboxylic acids is 1. The first-order valence-electron chi connectivity index (χ1n) is 3.09. The third-order valence-electron chi connectivity index (χ3n) is 1.08. The highest BCUT2D eigenvalue weighted by Gasteiger charge is 1.89. The van der Waals surface area contributed by atoms with Crippen LogP contribution >= 0.6 is 0 Å². The van der Waals surface area contributed by atoms with Crippen LogP contribution < -0.4 is 5.32 Å². The van der Waals surface area contributed by atoms with Crippen LogP contribution in [-0.4, -0.2) is 12.8 Å². The Morgan fingerprint density at radius 1 is 1.67 bits per heavy atom. The van der Waals surface area contributed by atoms with E-state index in [0.29, 0.717) is 0 Å². The molecule has 0 rings (SSSR count). The molecule has 0 aromatic carbocycles. The molecule has 0 heterocycles. The fourth-order valence-corrected chi connectivity index (χ4v) is 0.596. The van der Waals surface area contributed by atoms with Crippen molar-refractivity contribution in [1.82, 2.24) is 5.32 Å². The predicted octanol–water partition coefficient (Wildman–Crippen LogP) is 1.09. The molecule has 0 unspecified atom stereocenters. The molecular weight excluding hydrogens is 114 g/mol. The average molecular weight is 127 g/mol. The van der Waals surface area contributed by atoms with Crippen molar-refractivity contribution in [3.05, 3.63) is 11.8 Å². The Morgan fingerprint density at radius 2 is 2.22 bits per heavy atom. The Balaban J connectivity index is 3.91. The summed E-state index contributed by atoms with van der Waals surface area (Å²) in [5.74, 6) is 0.0983. The van der Waals surface area contributed by atoms with Gasteiger partial charge in [-0.1, -0.05) is 6.92 Å². The Kier molecular flexibility index (Phi) is 3.76. The molecule has 1 N–H and O–H groups in total. The van der Waals surface area contributed by atoms with Crippen LogP contribution in [0.5, 0.6) is 0 Å². The van der Waals surface area contributed by atoms with Crippen molar-refractivity contribution in [2.75, 3.05) is 7.05 Å². The fourth-order valence-electron chi connectivity index (χ4n) is 0.596. The molecular formula is C7H13NO. The van der Waals surface area contributed by atoms with E-state index in [0.717, 1.165) is 12.1 Å². The van der Waals surface area contributed by atoms with E-state index in [9.17, 15) is 4.79 Å². The van der Waals surface area contributed by atoms with Crippen molar-refractivity contribution < 1.29 is 4.79 Å². The summed E-state index contributed by atoms with van der Waals surface area (Å²) in [6, 6.07) is 0. The second-order valence-electron chi connectivity index (χ2n) is 1.88. The molecule has 0 atom stereocenters. The number of allylic oxidation sites excluding steroid dienone is 2. The van der Waals surface area contributed by atoms with Gasteiger partial charge in [-0.2, -0.15) is 0 Å². The molecule has 2 nitrogen and oxygen atoms in total. The Labute approximate surface area is 56.0 Å². The van der Waals surface area contributed by atoms with E-state index in [2.05, 4.69) is 5.32 Å². The quantitative estimate of drug-likeness (QED) is 0.575. The maximum absolute atomic E-state index is 10.5. The first-order chi connectivity index (χ1) is 4.20. The van der Waals surface area contributed by atoms with E-state index in [1.54, 1.807) is 13.0 Å². The zero-order valence-corrected chi connectivity index (χ0v) is 6.19. The summed E-state index contributed by atoms with van der Waals surface area (Å²) in [4.78, 5) is 10.5. The van der Waals surface area contributed by atoms with Gasteiger partial charge in [-0.15, -0.1) is 0 Å². The minimum absolute atomic E-state index is 0.0983. The minimum atomic E-state index is 0.0983. The molecule has 0 saturated heterocycles. The van der Waals surface area contributed by atoms with E-state index in [1.807, 2.05) is 14.0 Å². The number of rotatable bonds is 3. The molecule has 0 spiro atoms. The molecule has 0 amide bonds. The van der Waals surface area contributed by atoms with E-state index in [4.69, 9.17) is 0 Å². The standard InChI is InChI=1S/C7H13NO/c1-4-7(8-3)5-6(2)9/h5,8H,4H2,1-3H3/b7-5-. The highest BCUT2D eigenvalue weighted by atomic mass is 16.1. The Hall–Kier alpha value is -0.790. The molecule has 0 aromatic heterocycles. The second kappa shape index (κ2) is 4.13. The molecule has 0 radical (unpaired) electrons. The maximum atomic E-state index is 10.5. The van der Waals surface area contributed by atoms with Crippen LogP contribution in [0.15, 0.2) is 11.8 Å². The monoisotopic (exact) mass is 127 g/mol. The summed E-state index contributed by atoms with van der Waals surface area (Å²) in [7, 11) is 1.82. The number of nitrogens with one attached hydrogen (secondary N) is 1. The number of carbonyl (C=O) groups is 1. The fraction of sp³-hybridized carbons (Fsp3) is 0.571. The maximum Gasteiger partial charge on any atom is 0.154 e. The second-order valence-corrected chi connectivity index (χ2v) is 1.88. The van der Waals surface area contributed by atoms with Crippen molar-refractivity contribution >= 4 is 5.78 Å². The molecule has 0 saturated carbocycles. The van der Waals surface area contributed by atoms with Gasteiger partial charge in [0.05, 0.1) is 0 Å². The zero-order chi connectivity index (χ0) is 7.28. The molecule has 0 fully saturated rings. The summed E-state index contributed by atoms with van der Waals surface area (Å²) >= 11 is 0. The van der Waals surface area contributed by atoms with Gasteiger partial charge in [0.2, 0.25) is 0 Å². The van der Waals surface area contributed by atoms with Gasteiger partial charge < -0.3 is 5.32 Å². The predicted molar refractivity (Wildman–Crippen MR) is 38.1 cm³/mol. The molecule has 0 aromatic rings. The zero-order valence-electron chi connectivity index (χ0n) is 6.19. The Bertz CT molecular complexity index is 121. The van der Waals surface area contributed by atoms with Gasteiger partial charge in [0.1, 0.15) is 0 Å². The van der Waals surface area contributed by atoms with E-state index >= 15 is 0 Å². The highest BCUT2D eigenvalue weighted by molar-refractivity contribution is 5.87. The van der Waals surface area contributed by atoms with Crippen LogP contribution in [-0.2, 0) is 4.79 Å². The van der Waals surface area contributed by atoms with Crippen molar-refractivity contribution in [2.45, 2.75) is 20.3 Å². The smallest absolute Gasteiger partial charge is 0.154 e. The van der Waals surface area contributed by atoms with Crippen LogP contribution in [0.2, 0.25) is 0 Å². The largest absolute Gasteiger partial charge is 0.391 e. The van der Waals surface area contributed by atoms with Gasteiger partial charge in [-0.05, 0) is 19.4 Å². The van der Waals surface area contributed by atoms with Crippen LogP contribution in [0.3, 0.4) is 0 Å². The van der Waals surface area contributed by atoms with Crippen molar-refractivity contribution in [3.63, 3.8) is 0 Å². The third-order valence-corrected chi connectivity index (χ3v) is 1.08. The van der Waals surface area contributed by atoms with Crippen LogP contribution in [0.1, 0.15) is 20.3 Å². The van der Waals surface area contributed by atoms with Crippen LogP contribution in [0.4, 0.5) is 0 Å². The molecule has 0 aliphatic carbocycles. The minimum Gasteiger partial charge on any atom is -0.391 e. The molecule has 0 aliphatic rings. The molecule has 0 bridgehead atoms. The highest BCUT2D eigenvalue weighted by Crippen LogP contribution is 1.92. The number of hydrogen-bond acceptors (Lipinski definition) is 2. The van der Waals surface area contributed by atoms with Crippen LogP contribution in [0.25, 0.3) is 0 Å². The normalized spacial score (nSPS) is 11.2. The topological polar surface area (TPSA) is 29.1 Å². The van der Waals surface area contributed by atoms with Gasteiger partial charge in [0.15, 0.2) is 5.78 Å². The third kappa shape index (κ3) is 3.76. The molecule has 0 aliphatic heterocycles. The summed E-state index contributed by atoms with van der Waals surface area (Å²) in [6.07, 6.45) is 2.50. The van der Waals surface area contributed by atoms with E-state index in [-0.39, 0.29) is 5.78 Å². The summed E-state index contributed by atoms with van der Waals surface area (Å²) in [5, 5.41) is 2.92. The summed E-state index contributed by atoms with van der Waals surface area (Å²) in [5.41, 5.74) is 0.988.